The van der Waals surface area contributed by atoms with Gasteiger partial charge in [-0.1, -0.05) is 13.8 Å². The molecule has 0 radical (unpaired) electrons. The van der Waals surface area contributed by atoms with Crippen molar-refractivity contribution in [2.75, 3.05) is 7.11 Å². The van der Waals surface area contributed by atoms with Crippen molar-refractivity contribution in [1.29, 1.82) is 0 Å². The van der Waals surface area contributed by atoms with E-state index in [1.807, 2.05) is 0 Å². The molecule has 2 aromatic rings. The van der Waals surface area contributed by atoms with E-state index in [0.29, 0.717) is 5.69 Å². The van der Waals surface area contributed by atoms with Gasteiger partial charge in [-0.3, -0.25) is 0 Å². The number of ether oxygens (including phenoxy) is 1. The number of nitrogens with zero attached hydrogens (tertiary/aromatic N) is 2. The molecule has 2 unspecified atom stereocenters. The summed E-state index contributed by atoms with van der Waals surface area (Å²) in [5, 5.41) is 10.7. The number of aromatic nitrogens is 2. The van der Waals surface area contributed by atoms with Crippen molar-refractivity contribution in [1.82, 2.24) is 9.97 Å². The molecular weight excluding hydrogens is 402 g/mol. The number of aliphatic hydroxyl groups is 1. The molecule has 3 N–H and O–H groups in total. The predicted molar refractivity (Wildman–Crippen MR) is 105 cm³/mol. The molecule has 0 amide bonds. The van der Waals surface area contributed by atoms with Crippen LogP contribution in [0.4, 0.5) is 17.6 Å². The van der Waals surface area contributed by atoms with E-state index in [-0.39, 0.29) is 23.4 Å². The third-order valence-corrected chi connectivity index (χ3v) is 5.24. The van der Waals surface area contributed by atoms with Crippen LogP contribution in [-0.4, -0.2) is 34.0 Å². The summed E-state index contributed by atoms with van der Waals surface area (Å²) in [6.45, 7) is 3.20. The van der Waals surface area contributed by atoms with E-state index in [2.05, 4.69) is 9.97 Å². The van der Waals surface area contributed by atoms with Crippen LogP contribution in [0.5, 0.6) is 5.75 Å². The first-order valence-corrected chi connectivity index (χ1v) is 9.29. The maximum atomic E-state index is 14.0. The molecule has 0 bridgehead atoms. The molecular formula is C21H25F4N3O2. The first kappa shape index (κ1) is 23.6. The normalized spacial score (nSPS) is 16.6. The van der Waals surface area contributed by atoms with Gasteiger partial charge in [-0.15, -0.1) is 0 Å². The average molecular weight is 427 g/mol. The molecule has 1 aromatic carbocycles. The summed E-state index contributed by atoms with van der Waals surface area (Å²) in [6, 6.07) is 5.14. The van der Waals surface area contributed by atoms with Gasteiger partial charge in [0.2, 0.25) is 0 Å². The lowest BCUT2D eigenvalue weighted by atomic mass is 9.70. The van der Waals surface area contributed by atoms with Gasteiger partial charge in [0.15, 0.2) is 5.60 Å². The van der Waals surface area contributed by atoms with E-state index < -0.39 is 35.9 Å². The number of methoxy groups -OCH3 is 1. The van der Waals surface area contributed by atoms with Crippen LogP contribution in [0, 0.1) is 5.82 Å². The average Bonchev–Trinajstić information content (AvgIpc) is 2.67. The molecule has 9 heteroatoms. The van der Waals surface area contributed by atoms with E-state index in [1.54, 1.807) is 6.92 Å². The molecule has 0 fully saturated rings. The maximum Gasteiger partial charge on any atom is 0.417 e. The third kappa shape index (κ3) is 5.27. The third-order valence-electron chi connectivity index (χ3n) is 5.24. The molecule has 5 nitrogen and oxygen atoms in total. The molecule has 0 aliphatic rings. The van der Waals surface area contributed by atoms with Crippen LogP contribution in [-0.2, 0) is 5.41 Å². The molecule has 0 spiro atoms. The highest BCUT2D eigenvalue weighted by atomic mass is 19.4. The van der Waals surface area contributed by atoms with Crippen molar-refractivity contribution in [2.45, 2.75) is 50.3 Å². The van der Waals surface area contributed by atoms with Gasteiger partial charge in [0.1, 0.15) is 17.9 Å². The second-order valence-electron chi connectivity index (χ2n) is 7.50. The van der Waals surface area contributed by atoms with Crippen molar-refractivity contribution in [3.63, 3.8) is 0 Å². The molecule has 1 aromatic heterocycles. The van der Waals surface area contributed by atoms with E-state index >= 15 is 0 Å². The van der Waals surface area contributed by atoms with Crippen LogP contribution in [0.3, 0.4) is 0 Å². The molecule has 2 rings (SSSR count). The van der Waals surface area contributed by atoms with Gasteiger partial charge in [0.05, 0.1) is 12.8 Å². The van der Waals surface area contributed by atoms with Gasteiger partial charge in [-0.25, -0.2) is 14.4 Å². The van der Waals surface area contributed by atoms with Gasteiger partial charge in [0, 0.05) is 23.9 Å². The van der Waals surface area contributed by atoms with E-state index in [1.165, 1.54) is 44.8 Å². The highest BCUT2D eigenvalue weighted by Crippen LogP contribution is 2.47. The van der Waals surface area contributed by atoms with Gasteiger partial charge in [0.25, 0.3) is 0 Å². The first-order valence-electron chi connectivity index (χ1n) is 9.29. The second-order valence-corrected chi connectivity index (χ2v) is 7.50. The summed E-state index contributed by atoms with van der Waals surface area (Å²) in [4.78, 5) is 7.62. The summed E-state index contributed by atoms with van der Waals surface area (Å²) < 4.78 is 61.1. The molecule has 0 saturated carbocycles. The number of benzene rings is 1. The van der Waals surface area contributed by atoms with Crippen LogP contribution in [0.1, 0.15) is 44.4 Å². The van der Waals surface area contributed by atoms with Crippen LogP contribution >= 0.6 is 0 Å². The Morgan fingerprint density at radius 2 is 1.97 bits per heavy atom. The lowest BCUT2D eigenvalue weighted by Crippen LogP contribution is -2.50. The molecule has 30 heavy (non-hydrogen) atoms. The number of nitrogens with two attached hydrogens (primary N) is 1. The molecule has 0 aliphatic carbocycles. The van der Waals surface area contributed by atoms with E-state index in [4.69, 9.17) is 10.5 Å². The molecule has 0 aliphatic heterocycles. The van der Waals surface area contributed by atoms with E-state index in [9.17, 15) is 22.7 Å². The zero-order valence-electron chi connectivity index (χ0n) is 17.0. The van der Waals surface area contributed by atoms with Crippen LogP contribution in [0.25, 0.3) is 6.08 Å². The lowest BCUT2D eigenvalue weighted by Gasteiger charge is -2.40. The number of alkyl halides is 3. The maximum absolute atomic E-state index is 14.0. The largest absolute Gasteiger partial charge is 0.496 e. The van der Waals surface area contributed by atoms with Gasteiger partial charge in [-0.2, -0.15) is 13.2 Å². The Balaban J connectivity index is 2.45. The van der Waals surface area contributed by atoms with E-state index in [0.717, 1.165) is 12.1 Å². The standard InChI is InChI=1S/C21H25F4N3O2/c1-4-19(2,17-9-14(22)5-6-18(17)30-3)12-20(29,21(23,24)25)11-15(26)10-16-7-8-27-13-28-16/h5-10,13,29H,4,11-12,26H2,1-3H3/b15-10-. The van der Waals surface area contributed by atoms with Crippen molar-refractivity contribution in [2.24, 2.45) is 5.73 Å². The molecule has 2 atom stereocenters. The highest BCUT2D eigenvalue weighted by Gasteiger charge is 2.56. The minimum absolute atomic E-state index is 0.195. The van der Waals surface area contributed by atoms with Crippen molar-refractivity contribution >= 4 is 6.08 Å². The predicted octanol–water partition coefficient (Wildman–Crippen LogP) is 4.37. The van der Waals surface area contributed by atoms with Crippen LogP contribution in [0.15, 0.2) is 42.5 Å². The molecule has 1 heterocycles. The van der Waals surface area contributed by atoms with Crippen LogP contribution in [0.2, 0.25) is 0 Å². The van der Waals surface area contributed by atoms with Gasteiger partial charge < -0.3 is 15.6 Å². The zero-order chi connectivity index (χ0) is 22.6. The van der Waals surface area contributed by atoms with Crippen molar-refractivity contribution in [3.05, 3.63) is 59.6 Å². The quantitative estimate of drug-likeness (QED) is 0.612. The second kappa shape index (κ2) is 8.99. The monoisotopic (exact) mass is 427 g/mol. The minimum Gasteiger partial charge on any atom is -0.496 e. The fourth-order valence-corrected chi connectivity index (χ4v) is 3.44. The minimum atomic E-state index is -4.98. The fourth-order valence-electron chi connectivity index (χ4n) is 3.44. The van der Waals surface area contributed by atoms with Gasteiger partial charge in [-0.05, 0) is 48.6 Å². The van der Waals surface area contributed by atoms with Crippen molar-refractivity contribution < 1.29 is 27.4 Å². The molecule has 0 saturated heterocycles. The SMILES string of the molecule is CCC(C)(CC(O)(C/C(N)=C/c1ccncn1)C(F)(F)F)c1cc(F)ccc1OC. The number of halogens is 4. The fraction of sp³-hybridized carbons (Fsp3) is 0.429. The molecule has 164 valence electrons. The Hall–Kier alpha value is -2.68. The van der Waals surface area contributed by atoms with Gasteiger partial charge >= 0.3 is 6.18 Å². The smallest absolute Gasteiger partial charge is 0.417 e. The summed E-state index contributed by atoms with van der Waals surface area (Å²) in [5.41, 5.74) is 1.80. The Kier molecular flexibility index (Phi) is 7.07. The topological polar surface area (TPSA) is 81.3 Å². The Bertz CT molecular complexity index is 890. The summed E-state index contributed by atoms with van der Waals surface area (Å²) in [7, 11) is 1.35. The lowest BCUT2D eigenvalue weighted by molar-refractivity contribution is -0.266. The summed E-state index contributed by atoms with van der Waals surface area (Å²) in [5.74, 6) is -0.362. The van der Waals surface area contributed by atoms with Crippen LogP contribution < -0.4 is 10.5 Å². The number of hydrogen-bond donors (Lipinski definition) is 2. The number of rotatable bonds is 8. The Labute approximate surface area is 172 Å². The highest BCUT2D eigenvalue weighted by molar-refractivity contribution is 5.47. The first-order chi connectivity index (χ1) is 13.9. The van der Waals surface area contributed by atoms with Crippen molar-refractivity contribution in [3.8, 4) is 5.75 Å². The summed E-state index contributed by atoms with van der Waals surface area (Å²) in [6.07, 6.45) is -2.48. The Morgan fingerprint density at radius 3 is 2.50 bits per heavy atom. The summed E-state index contributed by atoms with van der Waals surface area (Å²) >= 11 is 0. The Morgan fingerprint density at radius 1 is 1.27 bits per heavy atom. The zero-order valence-corrected chi connectivity index (χ0v) is 17.0. The number of hydrogen-bond acceptors (Lipinski definition) is 5.